The Morgan fingerprint density at radius 3 is 2.73 bits per heavy atom. The molecule has 0 aromatic heterocycles. The first-order valence-electron chi connectivity index (χ1n) is 4.25. The molecule has 0 saturated heterocycles. The molecule has 0 spiro atoms. The Balaban J connectivity index is 1.98. The van der Waals surface area contributed by atoms with Gasteiger partial charge in [0.05, 0.1) is 0 Å². The summed E-state index contributed by atoms with van der Waals surface area (Å²) < 4.78 is 0. The minimum atomic E-state index is 0.251. The molecule has 1 fully saturated rings. The summed E-state index contributed by atoms with van der Waals surface area (Å²) in [7, 11) is 0. The highest BCUT2D eigenvalue weighted by Gasteiger charge is 2.41. The Morgan fingerprint density at radius 2 is 2.27 bits per heavy atom. The predicted molar refractivity (Wildman–Crippen MR) is 46.4 cm³/mol. The summed E-state index contributed by atoms with van der Waals surface area (Å²) in [6.45, 7) is 5.94. The summed E-state index contributed by atoms with van der Waals surface area (Å²) in [6.07, 6.45) is 5.29. The first-order chi connectivity index (χ1) is 5.33. The molecule has 0 unspecified atom stereocenters. The van der Waals surface area contributed by atoms with Gasteiger partial charge in [-0.1, -0.05) is 6.08 Å². The van der Waals surface area contributed by atoms with Crippen molar-refractivity contribution < 1.29 is 5.11 Å². The maximum Gasteiger partial charge on any atom is 0.0499 e. The molecular formula is C9H17NO. The fourth-order valence-corrected chi connectivity index (χ4v) is 1.13. The Bertz CT molecular complexity index is 130. The van der Waals surface area contributed by atoms with Gasteiger partial charge < -0.3 is 10.4 Å². The Labute approximate surface area is 68.3 Å². The van der Waals surface area contributed by atoms with Crippen LogP contribution in [0, 0.1) is 5.41 Å². The number of rotatable bonds is 6. The standard InChI is InChI=1S/C9H17NO/c1-2-3-6-10-7-9(8-11)4-5-9/h2,10-11H,1,3-8H2. The Kier molecular flexibility index (Phi) is 3.09. The highest BCUT2D eigenvalue weighted by molar-refractivity contribution is 4.94. The Hall–Kier alpha value is -0.340. The lowest BCUT2D eigenvalue weighted by Crippen LogP contribution is -2.26. The van der Waals surface area contributed by atoms with Gasteiger partial charge in [-0.05, 0) is 25.8 Å². The van der Waals surface area contributed by atoms with Crippen molar-refractivity contribution in [3.63, 3.8) is 0 Å². The summed E-state index contributed by atoms with van der Waals surface area (Å²) in [4.78, 5) is 0. The van der Waals surface area contributed by atoms with Crippen molar-refractivity contribution in [2.45, 2.75) is 19.3 Å². The summed E-state index contributed by atoms with van der Waals surface area (Å²) in [5, 5.41) is 12.3. The van der Waals surface area contributed by atoms with E-state index in [9.17, 15) is 0 Å². The second kappa shape index (κ2) is 3.88. The Morgan fingerprint density at radius 1 is 1.55 bits per heavy atom. The lowest BCUT2D eigenvalue weighted by atomic mass is 10.1. The average molecular weight is 155 g/mol. The van der Waals surface area contributed by atoms with Gasteiger partial charge in [-0.3, -0.25) is 0 Å². The molecule has 0 atom stereocenters. The lowest BCUT2D eigenvalue weighted by molar-refractivity contribution is 0.208. The zero-order valence-corrected chi connectivity index (χ0v) is 6.97. The molecule has 64 valence electrons. The van der Waals surface area contributed by atoms with Crippen molar-refractivity contribution >= 4 is 0 Å². The molecule has 1 saturated carbocycles. The fourth-order valence-electron chi connectivity index (χ4n) is 1.13. The van der Waals surface area contributed by atoms with Crippen molar-refractivity contribution in [1.29, 1.82) is 0 Å². The zero-order valence-electron chi connectivity index (χ0n) is 6.97. The first-order valence-corrected chi connectivity index (χ1v) is 4.25. The smallest absolute Gasteiger partial charge is 0.0499 e. The van der Waals surface area contributed by atoms with E-state index in [1.54, 1.807) is 0 Å². The van der Waals surface area contributed by atoms with E-state index in [0.29, 0.717) is 6.61 Å². The first kappa shape index (κ1) is 8.75. The predicted octanol–water partition coefficient (Wildman–Crippen LogP) is 0.925. The molecule has 0 aliphatic heterocycles. The number of nitrogens with one attached hydrogen (secondary N) is 1. The monoisotopic (exact) mass is 155 g/mol. The minimum Gasteiger partial charge on any atom is -0.396 e. The topological polar surface area (TPSA) is 32.3 Å². The highest BCUT2D eigenvalue weighted by atomic mass is 16.3. The van der Waals surface area contributed by atoms with Crippen molar-refractivity contribution in [3.8, 4) is 0 Å². The number of aliphatic hydroxyl groups excluding tert-OH is 1. The van der Waals surface area contributed by atoms with E-state index in [-0.39, 0.29) is 5.41 Å². The van der Waals surface area contributed by atoms with Crippen LogP contribution in [0.25, 0.3) is 0 Å². The van der Waals surface area contributed by atoms with Gasteiger partial charge in [-0.2, -0.15) is 0 Å². The molecule has 1 aliphatic rings. The maximum atomic E-state index is 8.95. The van der Waals surface area contributed by atoms with Gasteiger partial charge in [-0.25, -0.2) is 0 Å². The van der Waals surface area contributed by atoms with Gasteiger partial charge in [0.1, 0.15) is 0 Å². The lowest BCUT2D eigenvalue weighted by Gasteiger charge is -2.11. The van der Waals surface area contributed by atoms with Crippen LogP contribution in [0.3, 0.4) is 0 Å². The number of hydrogen-bond acceptors (Lipinski definition) is 2. The summed E-state index contributed by atoms with van der Waals surface area (Å²) >= 11 is 0. The van der Waals surface area contributed by atoms with Crippen molar-refractivity contribution in [3.05, 3.63) is 12.7 Å². The third kappa shape index (κ3) is 2.64. The van der Waals surface area contributed by atoms with Crippen LogP contribution in [-0.2, 0) is 0 Å². The number of aliphatic hydroxyl groups is 1. The van der Waals surface area contributed by atoms with Crippen molar-refractivity contribution in [2.75, 3.05) is 19.7 Å². The van der Waals surface area contributed by atoms with E-state index in [4.69, 9.17) is 5.11 Å². The zero-order chi connectivity index (χ0) is 8.16. The minimum absolute atomic E-state index is 0.251. The summed E-state index contributed by atoms with van der Waals surface area (Å²) in [6, 6.07) is 0. The SMILES string of the molecule is C=CCCNCC1(CO)CC1. The molecule has 2 heteroatoms. The quantitative estimate of drug-likeness (QED) is 0.441. The average Bonchev–Trinajstić information content (AvgIpc) is 2.80. The van der Waals surface area contributed by atoms with E-state index >= 15 is 0 Å². The summed E-state index contributed by atoms with van der Waals surface area (Å²) in [5.74, 6) is 0. The van der Waals surface area contributed by atoms with Crippen molar-refractivity contribution in [1.82, 2.24) is 5.32 Å². The third-order valence-corrected chi connectivity index (χ3v) is 2.32. The van der Waals surface area contributed by atoms with Gasteiger partial charge in [0.15, 0.2) is 0 Å². The van der Waals surface area contributed by atoms with Crippen LogP contribution in [-0.4, -0.2) is 24.8 Å². The largest absolute Gasteiger partial charge is 0.396 e. The van der Waals surface area contributed by atoms with Crippen LogP contribution < -0.4 is 5.32 Å². The van der Waals surface area contributed by atoms with Crippen LogP contribution >= 0.6 is 0 Å². The van der Waals surface area contributed by atoms with E-state index in [0.717, 1.165) is 19.5 Å². The molecule has 1 aliphatic carbocycles. The highest BCUT2D eigenvalue weighted by Crippen LogP contribution is 2.44. The molecule has 0 bridgehead atoms. The molecule has 2 nitrogen and oxygen atoms in total. The van der Waals surface area contributed by atoms with E-state index in [2.05, 4.69) is 11.9 Å². The second-order valence-corrected chi connectivity index (χ2v) is 3.41. The van der Waals surface area contributed by atoms with Gasteiger partial charge in [0, 0.05) is 18.6 Å². The molecule has 0 aromatic carbocycles. The van der Waals surface area contributed by atoms with Crippen LogP contribution in [0.4, 0.5) is 0 Å². The van der Waals surface area contributed by atoms with Gasteiger partial charge in [-0.15, -0.1) is 6.58 Å². The molecule has 0 radical (unpaired) electrons. The molecule has 0 aromatic rings. The molecule has 11 heavy (non-hydrogen) atoms. The van der Waals surface area contributed by atoms with Gasteiger partial charge in [0.2, 0.25) is 0 Å². The normalized spacial score (nSPS) is 19.7. The molecule has 0 heterocycles. The van der Waals surface area contributed by atoms with Gasteiger partial charge in [0.25, 0.3) is 0 Å². The molecule has 2 N–H and O–H groups in total. The molecular weight excluding hydrogens is 138 g/mol. The fraction of sp³-hybridized carbons (Fsp3) is 0.778. The van der Waals surface area contributed by atoms with E-state index < -0.39 is 0 Å². The maximum absolute atomic E-state index is 8.95. The van der Waals surface area contributed by atoms with Crippen LogP contribution in [0.1, 0.15) is 19.3 Å². The summed E-state index contributed by atoms with van der Waals surface area (Å²) in [5.41, 5.74) is 0.251. The van der Waals surface area contributed by atoms with E-state index in [1.807, 2.05) is 6.08 Å². The van der Waals surface area contributed by atoms with Gasteiger partial charge >= 0.3 is 0 Å². The molecule has 0 amide bonds. The van der Waals surface area contributed by atoms with Crippen LogP contribution in [0.2, 0.25) is 0 Å². The number of hydrogen-bond donors (Lipinski definition) is 2. The molecule has 1 rings (SSSR count). The third-order valence-electron chi connectivity index (χ3n) is 2.32. The van der Waals surface area contributed by atoms with Crippen molar-refractivity contribution in [2.24, 2.45) is 5.41 Å². The second-order valence-electron chi connectivity index (χ2n) is 3.41. The van der Waals surface area contributed by atoms with Crippen LogP contribution in [0.15, 0.2) is 12.7 Å². The van der Waals surface area contributed by atoms with E-state index in [1.165, 1.54) is 12.8 Å². The van der Waals surface area contributed by atoms with Crippen LogP contribution in [0.5, 0.6) is 0 Å².